The molecule has 2 heteroatoms. The van der Waals surface area contributed by atoms with E-state index in [0.29, 0.717) is 0 Å². The first-order valence-electron chi connectivity index (χ1n) is 5.49. The number of hydrogen-bond acceptors (Lipinski definition) is 2. The first kappa shape index (κ1) is 12.2. The summed E-state index contributed by atoms with van der Waals surface area (Å²) < 4.78 is 0. The molecule has 0 atom stereocenters. The summed E-state index contributed by atoms with van der Waals surface area (Å²) in [7, 11) is 1.97. The quantitative estimate of drug-likeness (QED) is 0.790. The summed E-state index contributed by atoms with van der Waals surface area (Å²) >= 11 is 0. The zero-order chi connectivity index (χ0) is 11.3. The maximum absolute atomic E-state index is 3.47. The van der Waals surface area contributed by atoms with Gasteiger partial charge in [-0.2, -0.15) is 0 Å². The van der Waals surface area contributed by atoms with E-state index >= 15 is 0 Å². The third-order valence-corrected chi connectivity index (χ3v) is 2.23. The van der Waals surface area contributed by atoms with E-state index in [1.54, 1.807) is 0 Å². The summed E-state index contributed by atoms with van der Waals surface area (Å²) in [5, 5.41) is 6.62. The van der Waals surface area contributed by atoms with Crippen molar-refractivity contribution >= 4 is 0 Å². The van der Waals surface area contributed by atoms with Gasteiger partial charge in [-0.15, -0.1) is 0 Å². The molecule has 2 nitrogen and oxygen atoms in total. The molecule has 0 fully saturated rings. The molecular formula is C13H22N2. The second kappa shape index (κ2) is 5.29. The molecule has 1 aromatic carbocycles. The van der Waals surface area contributed by atoms with Crippen LogP contribution in [0.25, 0.3) is 0 Å². The van der Waals surface area contributed by atoms with Gasteiger partial charge in [0, 0.05) is 18.6 Å². The van der Waals surface area contributed by atoms with Gasteiger partial charge in [0.25, 0.3) is 0 Å². The highest BCUT2D eigenvalue weighted by Crippen LogP contribution is 2.06. The van der Waals surface area contributed by atoms with Crippen LogP contribution in [0.2, 0.25) is 0 Å². The van der Waals surface area contributed by atoms with Crippen LogP contribution in [-0.2, 0) is 13.1 Å². The third-order valence-electron chi connectivity index (χ3n) is 2.23. The minimum absolute atomic E-state index is 0.184. The Morgan fingerprint density at radius 3 is 1.80 bits per heavy atom. The van der Waals surface area contributed by atoms with E-state index in [0.717, 1.165) is 13.1 Å². The predicted molar refractivity (Wildman–Crippen MR) is 65.8 cm³/mol. The standard InChI is InChI=1S/C13H22N2/c1-13(2,3)15-10-12-7-5-11(6-8-12)9-14-4/h5-8,14-15H,9-10H2,1-4H3. The van der Waals surface area contributed by atoms with Gasteiger partial charge in [-0.25, -0.2) is 0 Å². The Labute approximate surface area is 93.1 Å². The van der Waals surface area contributed by atoms with Crippen molar-refractivity contribution in [2.24, 2.45) is 0 Å². The Bertz CT molecular complexity index is 282. The van der Waals surface area contributed by atoms with E-state index in [1.807, 2.05) is 7.05 Å². The molecule has 0 heterocycles. The molecule has 0 saturated heterocycles. The summed E-state index contributed by atoms with van der Waals surface area (Å²) in [6.45, 7) is 8.42. The van der Waals surface area contributed by atoms with Crippen LogP contribution in [0.3, 0.4) is 0 Å². The van der Waals surface area contributed by atoms with Crippen molar-refractivity contribution in [2.75, 3.05) is 7.05 Å². The van der Waals surface area contributed by atoms with Crippen LogP contribution < -0.4 is 10.6 Å². The molecule has 2 N–H and O–H groups in total. The average Bonchev–Trinajstić information content (AvgIpc) is 2.16. The Morgan fingerprint density at radius 1 is 0.933 bits per heavy atom. The van der Waals surface area contributed by atoms with E-state index < -0.39 is 0 Å². The molecule has 15 heavy (non-hydrogen) atoms. The molecule has 0 aliphatic rings. The van der Waals surface area contributed by atoms with Crippen LogP contribution in [0.5, 0.6) is 0 Å². The molecule has 0 aromatic heterocycles. The molecule has 0 bridgehead atoms. The van der Waals surface area contributed by atoms with Crippen molar-refractivity contribution in [1.82, 2.24) is 10.6 Å². The first-order valence-corrected chi connectivity index (χ1v) is 5.49. The smallest absolute Gasteiger partial charge is 0.0210 e. The van der Waals surface area contributed by atoms with E-state index in [1.165, 1.54) is 11.1 Å². The summed E-state index contributed by atoms with van der Waals surface area (Å²) in [5.74, 6) is 0. The second-order valence-corrected chi connectivity index (χ2v) is 4.95. The minimum Gasteiger partial charge on any atom is -0.316 e. The van der Waals surface area contributed by atoms with Crippen LogP contribution in [-0.4, -0.2) is 12.6 Å². The number of benzene rings is 1. The lowest BCUT2D eigenvalue weighted by Gasteiger charge is -2.20. The van der Waals surface area contributed by atoms with Gasteiger partial charge in [-0.1, -0.05) is 24.3 Å². The maximum atomic E-state index is 3.47. The SMILES string of the molecule is CNCc1ccc(CNC(C)(C)C)cc1. The van der Waals surface area contributed by atoms with E-state index in [9.17, 15) is 0 Å². The monoisotopic (exact) mass is 206 g/mol. The molecule has 0 spiro atoms. The van der Waals surface area contributed by atoms with Gasteiger partial charge >= 0.3 is 0 Å². The van der Waals surface area contributed by atoms with Gasteiger partial charge in [0.15, 0.2) is 0 Å². The summed E-state index contributed by atoms with van der Waals surface area (Å²) in [4.78, 5) is 0. The average molecular weight is 206 g/mol. The zero-order valence-corrected chi connectivity index (χ0v) is 10.2. The van der Waals surface area contributed by atoms with E-state index in [4.69, 9.17) is 0 Å². The molecule has 84 valence electrons. The van der Waals surface area contributed by atoms with E-state index in [2.05, 4.69) is 55.7 Å². The summed E-state index contributed by atoms with van der Waals surface area (Å²) in [6, 6.07) is 8.73. The van der Waals surface area contributed by atoms with Crippen molar-refractivity contribution in [2.45, 2.75) is 39.4 Å². The molecule has 0 aliphatic carbocycles. The zero-order valence-electron chi connectivity index (χ0n) is 10.2. The highest BCUT2D eigenvalue weighted by molar-refractivity contribution is 5.22. The molecule has 1 rings (SSSR count). The van der Waals surface area contributed by atoms with Crippen LogP contribution in [0.1, 0.15) is 31.9 Å². The fourth-order valence-corrected chi connectivity index (χ4v) is 1.35. The van der Waals surface area contributed by atoms with Gasteiger partial charge in [0.05, 0.1) is 0 Å². The molecule has 0 amide bonds. The lowest BCUT2D eigenvalue weighted by molar-refractivity contribution is 0.424. The summed E-state index contributed by atoms with van der Waals surface area (Å²) in [6.07, 6.45) is 0. The van der Waals surface area contributed by atoms with E-state index in [-0.39, 0.29) is 5.54 Å². The van der Waals surface area contributed by atoms with Gasteiger partial charge < -0.3 is 10.6 Å². The van der Waals surface area contributed by atoms with Crippen molar-refractivity contribution in [3.8, 4) is 0 Å². The Hall–Kier alpha value is -0.860. The molecule has 0 unspecified atom stereocenters. The van der Waals surface area contributed by atoms with Gasteiger partial charge in [0.1, 0.15) is 0 Å². The molecule has 0 saturated carbocycles. The van der Waals surface area contributed by atoms with Crippen LogP contribution in [0.4, 0.5) is 0 Å². The topological polar surface area (TPSA) is 24.1 Å². The van der Waals surface area contributed by atoms with Crippen molar-refractivity contribution in [1.29, 1.82) is 0 Å². The van der Waals surface area contributed by atoms with Crippen LogP contribution >= 0.6 is 0 Å². The largest absolute Gasteiger partial charge is 0.316 e. The Balaban J connectivity index is 2.50. The second-order valence-electron chi connectivity index (χ2n) is 4.95. The molecule has 0 aliphatic heterocycles. The lowest BCUT2D eigenvalue weighted by Crippen LogP contribution is -2.35. The Kier molecular flexibility index (Phi) is 4.30. The van der Waals surface area contributed by atoms with Crippen LogP contribution in [0, 0.1) is 0 Å². The minimum atomic E-state index is 0.184. The summed E-state index contributed by atoms with van der Waals surface area (Å²) in [5.41, 5.74) is 2.85. The highest BCUT2D eigenvalue weighted by atomic mass is 14.9. The van der Waals surface area contributed by atoms with Crippen molar-refractivity contribution in [3.63, 3.8) is 0 Å². The lowest BCUT2D eigenvalue weighted by atomic mass is 10.1. The van der Waals surface area contributed by atoms with Crippen LogP contribution in [0.15, 0.2) is 24.3 Å². The molecule has 1 aromatic rings. The first-order chi connectivity index (χ1) is 7.01. The van der Waals surface area contributed by atoms with Gasteiger partial charge in [0.2, 0.25) is 0 Å². The number of nitrogens with one attached hydrogen (secondary N) is 2. The number of rotatable bonds is 4. The van der Waals surface area contributed by atoms with Gasteiger partial charge in [-0.05, 0) is 38.9 Å². The molecular weight excluding hydrogens is 184 g/mol. The van der Waals surface area contributed by atoms with Gasteiger partial charge in [-0.3, -0.25) is 0 Å². The fraction of sp³-hybridized carbons (Fsp3) is 0.538. The van der Waals surface area contributed by atoms with Crippen molar-refractivity contribution in [3.05, 3.63) is 35.4 Å². The third kappa shape index (κ3) is 4.96. The molecule has 0 radical (unpaired) electrons. The maximum Gasteiger partial charge on any atom is 0.0210 e. The van der Waals surface area contributed by atoms with Crippen molar-refractivity contribution < 1.29 is 0 Å². The number of hydrogen-bond donors (Lipinski definition) is 2. The predicted octanol–water partition coefficient (Wildman–Crippen LogP) is 2.29. The fourth-order valence-electron chi connectivity index (χ4n) is 1.35. The highest BCUT2D eigenvalue weighted by Gasteiger charge is 2.07. The normalized spacial score (nSPS) is 11.7. The Morgan fingerprint density at radius 2 is 1.40 bits per heavy atom.